The summed E-state index contributed by atoms with van der Waals surface area (Å²) in [6, 6.07) is 6.45. The number of benzene rings is 1. The third-order valence-electron chi connectivity index (χ3n) is 5.62. The Morgan fingerprint density at radius 1 is 0.955 bits per heavy atom. The van der Waals surface area contributed by atoms with Crippen LogP contribution in [0.4, 0.5) is 0 Å². The number of ether oxygens (including phenoxy) is 1. The fraction of sp³-hybridized carbons (Fsp3) is 0.647. The Hall–Kier alpha value is -1.07. The molecule has 0 atom stereocenters. The van der Waals surface area contributed by atoms with Crippen molar-refractivity contribution >= 4 is 10.1 Å². The minimum atomic E-state index is -3.70. The first kappa shape index (κ1) is 14.5. The van der Waals surface area contributed by atoms with Gasteiger partial charge in [-0.15, -0.1) is 0 Å². The van der Waals surface area contributed by atoms with Gasteiger partial charge in [0, 0.05) is 0 Å². The van der Waals surface area contributed by atoms with Crippen LogP contribution in [0.5, 0.6) is 5.75 Å². The minimum absolute atomic E-state index is 0.226. The van der Waals surface area contributed by atoms with Gasteiger partial charge in [-0.05, 0) is 80.5 Å². The summed E-state index contributed by atoms with van der Waals surface area (Å²) in [4.78, 5) is 0.226. The maximum atomic E-state index is 12.7. The summed E-state index contributed by atoms with van der Waals surface area (Å²) in [6.45, 7) is 0. The van der Waals surface area contributed by atoms with Gasteiger partial charge in [0.15, 0.2) is 0 Å². The van der Waals surface area contributed by atoms with Gasteiger partial charge in [-0.2, -0.15) is 8.42 Å². The molecule has 1 aromatic carbocycles. The molecular weight excluding hydrogens is 300 g/mol. The monoisotopic (exact) mass is 322 g/mol. The average Bonchev–Trinajstić information content (AvgIpc) is 2.44. The van der Waals surface area contributed by atoms with E-state index in [2.05, 4.69) is 0 Å². The first-order valence-electron chi connectivity index (χ1n) is 8.08. The molecule has 0 saturated heterocycles. The normalized spacial score (nSPS) is 36.5. The molecule has 0 N–H and O–H groups in total. The first-order valence-corrected chi connectivity index (χ1v) is 9.49. The number of hydrogen-bond donors (Lipinski definition) is 0. The van der Waals surface area contributed by atoms with Crippen LogP contribution in [-0.4, -0.2) is 21.1 Å². The molecule has 4 aliphatic rings. The Balaban J connectivity index is 1.59. The maximum absolute atomic E-state index is 12.7. The van der Waals surface area contributed by atoms with Crippen molar-refractivity contribution < 1.29 is 17.3 Å². The molecule has 0 spiro atoms. The molecule has 4 bridgehead atoms. The third-order valence-corrected chi connectivity index (χ3v) is 7.04. The van der Waals surface area contributed by atoms with Crippen LogP contribution in [0.3, 0.4) is 0 Å². The van der Waals surface area contributed by atoms with Gasteiger partial charge in [-0.25, -0.2) is 0 Å². The molecule has 0 radical (unpaired) electrons. The number of rotatable bonds is 4. The maximum Gasteiger partial charge on any atom is 0.297 e. The van der Waals surface area contributed by atoms with Crippen molar-refractivity contribution in [2.24, 2.45) is 17.8 Å². The van der Waals surface area contributed by atoms with Crippen LogP contribution in [-0.2, 0) is 14.3 Å². The van der Waals surface area contributed by atoms with Gasteiger partial charge in [0.25, 0.3) is 10.1 Å². The molecular formula is C17H22O4S. The van der Waals surface area contributed by atoms with E-state index in [0.29, 0.717) is 23.5 Å². The summed E-state index contributed by atoms with van der Waals surface area (Å²) in [7, 11) is -2.14. The summed E-state index contributed by atoms with van der Waals surface area (Å²) in [5, 5.41) is 0. The van der Waals surface area contributed by atoms with E-state index in [-0.39, 0.29) is 4.90 Å². The molecule has 4 aliphatic carbocycles. The molecule has 4 saturated carbocycles. The van der Waals surface area contributed by atoms with Gasteiger partial charge in [-0.3, -0.25) is 4.18 Å². The van der Waals surface area contributed by atoms with E-state index in [4.69, 9.17) is 8.92 Å². The lowest BCUT2D eigenvalue weighted by Crippen LogP contribution is -2.52. The van der Waals surface area contributed by atoms with Gasteiger partial charge in [0.1, 0.15) is 5.75 Å². The van der Waals surface area contributed by atoms with Gasteiger partial charge >= 0.3 is 0 Å². The lowest BCUT2D eigenvalue weighted by molar-refractivity contribution is -0.104. The topological polar surface area (TPSA) is 52.6 Å². The molecule has 0 amide bonds. The van der Waals surface area contributed by atoms with E-state index in [1.54, 1.807) is 31.4 Å². The smallest absolute Gasteiger partial charge is 0.297 e. The molecule has 4 nitrogen and oxygen atoms in total. The highest BCUT2D eigenvalue weighted by atomic mass is 32.2. The fourth-order valence-corrected chi connectivity index (χ4v) is 6.39. The van der Waals surface area contributed by atoms with Gasteiger partial charge in [0.2, 0.25) is 0 Å². The van der Waals surface area contributed by atoms with Crippen molar-refractivity contribution in [1.29, 1.82) is 0 Å². The largest absolute Gasteiger partial charge is 0.497 e. The van der Waals surface area contributed by atoms with E-state index in [1.165, 1.54) is 19.3 Å². The zero-order valence-corrected chi connectivity index (χ0v) is 13.6. The quantitative estimate of drug-likeness (QED) is 0.798. The lowest BCUT2D eigenvalue weighted by atomic mass is 9.54. The van der Waals surface area contributed by atoms with Crippen LogP contribution < -0.4 is 4.74 Å². The van der Waals surface area contributed by atoms with E-state index in [1.807, 2.05) is 0 Å². The van der Waals surface area contributed by atoms with Crippen LogP contribution in [0.2, 0.25) is 0 Å². The van der Waals surface area contributed by atoms with Gasteiger partial charge in [-0.1, -0.05) is 0 Å². The third kappa shape index (κ3) is 2.44. The molecule has 0 aromatic heterocycles. The van der Waals surface area contributed by atoms with Crippen molar-refractivity contribution in [1.82, 2.24) is 0 Å². The minimum Gasteiger partial charge on any atom is -0.497 e. The van der Waals surface area contributed by atoms with Crippen LogP contribution >= 0.6 is 0 Å². The first-order chi connectivity index (χ1) is 10.5. The molecule has 22 heavy (non-hydrogen) atoms. The molecule has 5 heteroatoms. The predicted molar refractivity (Wildman–Crippen MR) is 82.2 cm³/mol. The zero-order chi connectivity index (χ0) is 15.4. The van der Waals surface area contributed by atoms with Crippen molar-refractivity contribution in [3.63, 3.8) is 0 Å². The lowest BCUT2D eigenvalue weighted by Gasteiger charge is -2.55. The highest BCUT2D eigenvalue weighted by Crippen LogP contribution is 2.57. The van der Waals surface area contributed by atoms with E-state index in [0.717, 1.165) is 19.3 Å². The van der Waals surface area contributed by atoms with Crippen LogP contribution in [0.15, 0.2) is 29.2 Å². The van der Waals surface area contributed by atoms with Crippen molar-refractivity contribution in [2.75, 3.05) is 7.11 Å². The predicted octanol–water partition coefficient (Wildman–Crippen LogP) is 3.37. The SMILES string of the molecule is COc1ccc(S(=O)(=O)OC23CC4CC(CC(C4)C2)C3)cc1. The highest BCUT2D eigenvalue weighted by Gasteiger charge is 2.53. The fourth-order valence-electron chi connectivity index (χ4n) is 5.16. The molecule has 4 fully saturated rings. The van der Waals surface area contributed by atoms with Crippen LogP contribution in [0, 0.1) is 17.8 Å². The Labute approximate surface area is 131 Å². The standard InChI is InChI=1S/C17H22O4S/c1-20-15-2-4-16(5-3-15)22(18,19)21-17-9-12-6-13(10-17)8-14(7-12)11-17/h2-5,12-14H,6-11H2,1H3. The summed E-state index contributed by atoms with van der Waals surface area (Å²) in [6.07, 6.45) is 6.54. The molecule has 5 rings (SSSR count). The van der Waals surface area contributed by atoms with Crippen LogP contribution in [0.1, 0.15) is 38.5 Å². The number of hydrogen-bond acceptors (Lipinski definition) is 4. The second kappa shape index (κ2) is 4.96. The summed E-state index contributed by atoms with van der Waals surface area (Å²) < 4.78 is 36.2. The van der Waals surface area contributed by atoms with Crippen molar-refractivity contribution in [2.45, 2.75) is 49.0 Å². The summed E-state index contributed by atoms with van der Waals surface area (Å²) in [5.74, 6) is 2.64. The van der Waals surface area contributed by atoms with E-state index < -0.39 is 15.7 Å². The Kier molecular flexibility index (Phi) is 3.28. The Morgan fingerprint density at radius 3 is 1.91 bits per heavy atom. The molecule has 0 unspecified atom stereocenters. The molecule has 1 aromatic rings. The summed E-state index contributed by atoms with van der Waals surface area (Å²) >= 11 is 0. The number of methoxy groups -OCH3 is 1. The van der Waals surface area contributed by atoms with Gasteiger partial charge < -0.3 is 4.74 Å². The molecule has 0 heterocycles. The Bertz CT molecular complexity index is 627. The zero-order valence-electron chi connectivity index (χ0n) is 12.8. The van der Waals surface area contributed by atoms with Gasteiger partial charge in [0.05, 0.1) is 17.6 Å². The summed E-state index contributed by atoms with van der Waals surface area (Å²) in [5.41, 5.74) is -0.437. The Morgan fingerprint density at radius 2 is 1.45 bits per heavy atom. The van der Waals surface area contributed by atoms with Crippen molar-refractivity contribution in [3.05, 3.63) is 24.3 Å². The van der Waals surface area contributed by atoms with Crippen molar-refractivity contribution in [3.8, 4) is 5.75 Å². The van der Waals surface area contributed by atoms with Crippen LogP contribution in [0.25, 0.3) is 0 Å². The molecule has 0 aliphatic heterocycles. The highest BCUT2D eigenvalue weighted by molar-refractivity contribution is 7.86. The van der Waals surface area contributed by atoms with E-state index >= 15 is 0 Å². The second-order valence-corrected chi connectivity index (χ2v) is 8.86. The average molecular weight is 322 g/mol. The molecule has 120 valence electrons. The van der Waals surface area contributed by atoms with E-state index in [9.17, 15) is 8.42 Å². The second-order valence-electron chi connectivity index (χ2n) is 7.31.